The molecule has 3 N–H and O–H groups in total. The highest BCUT2D eigenvalue weighted by molar-refractivity contribution is 5.96. The number of hydrogen-bond donors (Lipinski definition) is 3. The first-order valence-corrected chi connectivity index (χ1v) is 11.2. The van der Waals surface area contributed by atoms with Crippen molar-refractivity contribution in [3.8, 4) is 0 Å². The van der Waals surface area contributed by atoms with Gasteiger partial charge in [-0.25, -0.2) is 4.79 Å². The monoisotopic (exact) mass is 430 g/mol. The molecular weight excluding hydrogens is 396 g/mol. The van der Waals surface area contributed by atoms with Crippen molar-refractivity contribution in [1.29, 1.82) is 0 Å². The quantitative estimate of drug-likeness (QED) is 0.361. The SMILES string of the molecule is C/C=C(/C)C(=O)O[C@H]1C(C)=C[C@]23C(=O)[C@@H](C=C(CO)[C@@H](O)[C@]12O)[C@@H]1[C@H](C[C@H]3C)C1(C)C. The number of carbonyl (C=O) groups excluding carboxylic acids is 2. The lowest BCUT2D eigenvalue weighted by atomic mass is 9.59. The molecule has 2 fully saturated rings. The number of carbonyl (C=O) groups is 2. The maximum atomic E-state index is 14.2. The third-order valence-electron chi connectivity index (χ3n) is 8.88. The van der Waals surface area contributed by atoms with Crippen molar-refractivity contribution in [1.82, 2.24) is 0 Å². The van der Waals surface area contributed by atoms with Crippen LogP contribution in [0, 0.1) is 34.5 Å². The number of ether oxygens (including phenoxy) is 1. The molecule has 0 amide bonds. The predicted octanol–water partition coefficient (Wildman–Crippen LogP) is 2.33. The molecule has 31 heavy (non-hydrogen) atoms. The summed E-state index contributed by atoms with van der Waals surface area (Å²) in [6.45, 7) is 10.8. The first-order valence-electron chi connectivity index (χ1n) is 11.2. The zero-order chi connectivity index (χ0) is 23.1. The molecule has 6 nitrogen and oxygen atoms in total. The minimum atomic E-state index is -2.08. The van der Waals surface area contributed by atoms with Crippen LogP contribution in [0.2, 0.25) is 0 Å². The molecule has 0 saturated heterocycles. The molecular formula is C25H34O6. The molecule has 0 unspecified atom stereocenters. The van der Waals surface area contributed by atoms with Crippen molar-refractivity contribution in [3.05, 3.63) is 34.9 Å². The third-order valence-corrected chi connectivity index (χ3v) is 8.88. The molecule has 0 radical (unpaired) electrons. The van der Waals surface area contributed by atoms with Gasteiger partial charge in [0.15, 0.2) is 17.5 Å². The van der Waals surface area contributed by atoms with Gasteiger partial charge in [0.2, 0.25) is 0 Å². The number of esters is 1. The lowest BCUT2D eigenvalue weighted by molar-refractivity contribution is -0.201. The minimum absolute atomic E-state index is 0.0209. The van der Waals surface area contributed by atoms with Gasteiger partial charge in [0.05, 0.1) is 12.0 Å². The Morgan fingerprint density at radius 2 is 2.00 bits per heavy atom. The highest BCUT2D eigenvalue weighted by Gasteiger charge is 2.76. The normalized spacial score (nSPS) is 45.6. The van der Waals surface area contributed by atoms with Crippen molar-refractivity contribution in [3.63, 3.8) is 0 Å². The van der Waals surface area contributed by atoms with Crippen LogP contribution in [0.1, 0.15) is 48.0 Å². The van der Waals surface area contributed by atoms with Gasteiger partial charge in [-0.1, -0.05) is 39.0 Å². The van der Waals surface area contributed by atoms with Crippen LogP contribution in [0.4, 0.5) is 0 Å². The van der Waals surface area contributed by atoms with Gasteiger partial charge < -0.3 is 20.1 Å². The van der Waals surface area contributed by atoms with E-state index in [0.717, 1.165) is 6.42 Å². The van der Waals surface area contributed by atoms with E-state index < -0.39 is 41.7 Å². The smallest absolute Gasteiger partial charge is 0.334 e. The lowest BCUT2D eigenvalue weighted by Gasteiger charge is -2.48. The molecule has 0 aliphatic heterocycles. The van der Waals surface area contributed by atoms with Crippen LogP contribution in [0.15, 0.2) is 34.9 Å². The van der Waals surface area contributed by atoms with E-state index in [1.807, 2.05) is 6.92 Å². The highest BCUT2D eigenvalue weighted by atomic mass is 16.6. The van der Waals surface area contributed by atoms with Crippen molar-refractivity contribution >= 4 is 11.8 Å². The molecule has 4 aliphatic carbocycles. The maximum absolute atomic E-state index is 14.2. The first kappa shape index (κ1) is 22.4. The number of fused-ring (bicyclic) bond motifs is 3. The van der Waals surface area contributed by atoms with Crippen molar-refractivity contribution in [2.75, 3.05) is 6.61 Å². The maximum Gasteiger partial charge on any atom is 0.334 e. The summed E-state index contributed by atoms with van der Waals surface area (Å²) >= 11 is 0. The van der Waals surface area contributed by atoms with Gasteiger partial charge in [-0.05, 0) is 61.5 Å². The summed E-state index contributed by atoms with van der Waals surface area (Å²) in [6, 6.07) is 0. The number of aliphatic hydroxyl groups is 3. The Morgan fingerprint density at radius 3 is 2.58 bits per heavy atom. The average molecular weight is 431 g/mol. The fourth-order valence-electron chi connectivity index (χ4n) is 6.91. The summed E-state index contributed by atoms with van der Waals surface area (Å²) < 4.78 is 5.72. The number of rotatable bonds is 3. The van der Waals surface area contributed by atoms with E-state index in [1.54, 1.807) is 39.0 Å². The van der Waals surface area contributed by atoms with Crippen molar-refractivity contribution in [2.24, 2.45) is 34.5 Å². The zero-order valence-electron chi connectivity index (χ0n) is 19.2. The molecule has 0 aromatic carbocycles. The van der Waals surface area contributed by atoms with E-state index in [-0.39, 0.29) is 28.6 Å². The third kappa shape index (κ3) is 2.61. The number of ketones is 1. The lowest BCUT2D eigenvalue weighted by Crippen LogP contribution is -2.65. The molecule has 2 bridgehead atoms. The van der Waals surface area contributed by atoms with E-state index >= 15 is 0 Å². The molecule has 6 heteroatoms. The Morgan fingerprint density at radius 1 is 1.35 bits per heavy atom. The summed E-state index contributed by atoms with van der Waals surface area (Å²) in [7, 11) is 0. The van der Waals surface area contributed by atoms with Gasteiger partial charge in [0, 0.05) is 11.5 Å². The van der Waals surface area contributed by atoms with E-state index in [2.05, 4.69) is 13.8 Å². The zero-order valence-corrected chi connectivity index (χ0v) is 19.2. The van der Waals surface area contributed by atoms with E-state index in [1.165, 1.54) is 0 Å². The minimum Gasteiger partial charge on any atom is -0.451 e. The summed E-state index contributed by atoms with van der Waals surface area (Å²) in [6.07, 6.45) is 3.04. The standard InChI is InChI=1S/C25H34O6/c1-7-12(2)22(29)31-21-13(3)10-24-14(4)8-17-18(23(17,5)6)16(20(24)28)9-15(11-26)19(27)25(21,24)30/h7,9-10,14,16-19,21,26-27,30H,8,11H2,1-6H3/b12-7-/t14-,16+,17+,18-,19-,21+,24+,25+/m1/s1. The second-order valence-corrected chi connectivity index (χ2v) is 10.6. The Balaban J connectivity index is 1.91. The number of Topliss-reactive ketones (excluding diaryl/α,β-unsaturated/α-hetero) is 1. The molecule has 1 spiro atoms. The van der Waals surface area contributed by atoms with Crippen molar-refractivity contribution < 1.29 is 29.6 Å². The Bertz CT molecular complexity index is 926. The van der Waals surface area contributed by atoms with Gasteiger partial charge in [0.1, 0.15) is 6.10 Å². The molecule has 4 rings (SSSR count). The second-order valence-electron chi connectivity index (χ2n) is 10.6. The van der Waals surface area contributed by atoms with Crippen LogP contribution in [0.3, 0.4) is 0 Å². The summed E-state index contributed by atoms with van der Waals surface area (Å²) in [5.41, 5.74) is -2.36. The topological polar surface area (TPSA) is 104 Å². The molecule has 8 atom stereocenters. The highest BCUT2D eigenvalue weighted by Crippen LogP contribution is 2.71. The Hall–Kier alpha value is -1.76. The predicted molar refractivity (Wildman–Crippen MR) is 115 cm³/mol. The average Bonchev–Trinajstić information content (AvgIpc) is 3.21. The molecule has 2 saturated carbocycles. The van der Waals surface area contributed by atoms with Gasteiger partial charge in [0.25, 0.3) is 0 Å². The summed E-state index contributed by atoms with van der Waals surface area (Å²) in [4.78, 5) is 26.8. The fraction of sp³-hybridized carbons (Fsp3) is 0.680. The van der Waals surface area contributed by atoms with Crippen LogP contribution in [0.5, 0.6) is 0 Å². The molecule has 170 valence electrons. The Kier molecular flexibility index (Phi) is 4.97. The molecule has 0 heterocycles. The summed E-state index contributed by atoms with van der Waals surface area (Å²) in [5, 5.41) is 33.7. The number of hydrogen-bond acceptors (Lipinski definition) is 6. The van der Waals surface area contributed by atoms with Gasteiger partial charge in [-0.2, -0.15) is 0 Å². The van der Waals surface area contributed by atoms with Gasteiger partial charge >= 0.3 is 5.97 Å². The molecule has 0 aromatic rings. The van der Waals surface area contributed by atoms with Gasteiger partial charge in [-0.3, -0.25) is 4.79 Å². The van der Waals surface area contributed by atoms with Crippen LogP contribution in [-0.4, -0.2) is 51.5 Å². The first-order chi connectivity index (χ1) is 14.4. The Labute approximate surface area is 183 Å². The van der Waals surface area contributed by atoms with Crippen LogP contribution in [0.25, 0.3) is 0 Å². The van der Waals surface area contributed by atoms with Crippen LogP contribution >= 0.6 is 0 Å². The molecule has 0 aromatic heterocycles. The van der Waals surface area contributed by atoms with E-state index in [0.29, 0.717) is 17.1 Å². The number of allylic oxidation sites excluding steroid dienone is 2. The second kappa shape index (κ2) is 6.87. The largest absolute Gasteiger partial charge is 0.451 e. The van der Waals surface area contributed by atoms with E-state index in [9.17, 15) is 24.9 Å². The molecule has 4 aliphatic rings. The van der Waals surface area contributed by atoms with Crippen LogP contribution < -0.4 is 0 Å². The van der Waals surface area contributed by atoms with E-state index in [4.69, 9.17) is 4.74 Å². The van der Waals surface area contributed by atoms with Crippen molar-refractivity contribution in [2.45, 2.75) is 65.8 Å². The fourth-order valence-corrected chi connectivity index (χ4v) is 6.91. The number of aliphatic hydroxyl groups excluding tert-OH is 2. The van der Waals surface area contributed by atoms with Crippen LogP contribution in [-0.2, 0) is 14.3 Å². The van der Waals surface area contributed by atoms with Gasteiger partial charge in [-0.15, -0.1) is 0 Å². The summed E-state index contributed by atoms with van der Waals surface area (Å²) in [5.74, 6) is -1.13.